The van der Waals surface area contributed by atoms with Crippen molar-refractivity contribution in [2.24, 2.45) is 0 Å². The average molecular weight is 409 g/mol. The number of piperidine rings is 1. The van der Waals surface area contributed by atoms with Gasteiger partial charge in [0.1, 0.15) is 5.75 Å². The van der Waals surface area contributed by atoms with Gasteiger partial charge >= 0.3 is 0 Å². The third-order valence-electron chi connectivity index (χ3n) is 5.19. The summed E-state index contributed by atoms with van der Waals surface area (Å²) in [5, 5.41) is 9.99. The molecule has 0 aliphatic carbocycles. The molecule has 4 rings (SSSR count). The molecular weight excluding hydrogens is 380 g/mol. The second kappa shape index (κ2) is 9.94. The smallest absolute Gasteiger partial charge is 0.195 e. The fraction of sp³-hybridized carbons (Fsp3) is 0.391. The van der Waals surface area contributed by atoms with Gasteiger partial charge in [-0.05, 0) is 56.6 Å². The van der Waals surface area contributed by atoms with E-state index in [4.69, 9.17) is 4.74 Å². The minimum atomic E-state index is 0.638. The van der Waals surface area contributed by atoms with E-state index in [2.05, 4.69) is 56.9 Å². The van der Waals surface area contributed by atoms with Crippen molar-refractivity contribution in [1.29, 1.82) is 0 Å². The van der Waals surface area contributed by atoms with Gasteiger partial charge in [-0.3, -0.25) is 9.47 Å². The Balaban J connectivity index is 1.45. The Morgan fingerprint density at radius 2 is 1.69 bits per heavy atom. The van der Waals surface area contributed by atoms with Crippen LogP contribution in [0.4, 0.5) is 0 Å². The highest BCUT2D eigenvalue weighted by molar-refractivity contribution is 7.99. The molecular formula is C23H28N4OS. The summed E-state index contributed by atoms with van der Waals surface area (Å²) < 4.78 is 8.15. The topological polar surface area (TPSA) is 43.2 Å². The van der Waals surface area contributed by atoms with Gasteiger partial charge in [0.15, 0.2) is 11.0 Å². The molecule has 0 spiro atoms. The molecule has 0 unspecified atom stereocenters. The van der Waals surface area contributed by atoms with E-state index in [0.29, 0.717) is 6.61 Å². The fourth-order valence-corrected chi connectivity index (χ4v) is 4.44. The van der Waals surface area contributed by atoms with Crippen LogP contribution >= 0.6 is 11.8 Å². The Hall–Kier alpha value is -2.31. The molecule has 6 heteroatoms. The lowest BCUT2D eigenvalue weighted by molar-refractivity contribution is 0.214. The lowest BCUT2D eigenvalue weighted by Gasteiger charge is -2.26. The van der Waals surface area contributed by atoms with E-state index in [-0.39, 0.29) is 0 Å². The zero-order valence-corrected chi connectivity index (χ0v) is 17.8. The van der Waals surface area contributed by atoms with Gasteiger partial charge in [0.2, 0.25) is 0 Å². The van der Waals surface area contributed by atoms with Crippen LogP contribution in [0.15, 0.2) is 59.8 Å². The molecule has 1 aliphatic rings. The first-order valence-corrected chi connectivity index (χ1v) is 11.3. The highest BCUT2D eigenvalue weighted by atomic mass is 32.2. The van der Waals surface area contributed by atoms with Crippen LogP contribution in [0.2, 0.25) is 0 Å². The predicted molar refractivity (Wildman–Crippen MR) is 118 cm³/mol. The quantitative estimate of drug-likeness (QED) is 0.398. The number of benzene rings is 2. The first kappa shape index (κ1) is 20.0. The van der Waals surface area contributed by atoms with Crippen LogP contribution in [0, 0.1) is 6.92 Å². The van der Waals surface area contributed by atoms with Crippen LogP contribution in [0.5, 0.6) is 5.75 Å². The number of hydrogen-bond donors (Lipinski definition) is 0. The van der Waals surface area contributed by atoms with Gasteiger partial charge in [-0.25, -0.2) is 0 Å². The summed E-state index contributed by atoms with van der Waals surface area (Å²) in [6.45, 7) is 5.85. The lowest BCUT2D eigenvalue weighted by atomic mass is 10.1. The number of nitrogens with zero attached hydrogens (tertiary/aromatic N) is 4. The summed E-state index contributed by atoms with van der Waals surface area (Å²) in [4.78, 5) is 2.49. The summed E-state index contributed by atoms with van der Waals surface area (Å²) in [7, 11) is 0. The second-order valence-corrected chi connectivity index (χ2v) is 8.43. The molecule has 2 aromatic carbocycles. The van der Waals surface area contributed by atoms with Crippen molar-refractivity contribution in [3.05, 3.63) is 66.0 Å². The van der Waals surface area contributed by atoms with E-state index < -0.39 is 0 Å². The maximum atomic E-state index is 5.95. The Morgan fingerprint density at radius 3 is 2.48 bits per heavy atom. The normalized spacial score (nSPS) is 14.8. The van der Waals surface area contributed by atoms with E-state index in [1.54, 1.807) is 11.8 Å². The zero-order valence-electron chi connectivity index (χ0n) is 17.0. The molecule has 1 aromatic heterocycles. The molecule has 1 aliphatic heterocycles. The number of hydrogen-bond acceptors (Lipinski definition) is 5. The number of aryl methyl sites for hydroxylation is 1. The van der Waals surface area contributed by atoms with Gasteiger partial charge in [-0.1, -0.05) is 54.6 Å². The number of thioether (sulfide) groups is 1. The van der Waals surface area contributed by atoms with Crippen LogP contribution < -0.4 is 4.74 Å². The van der Waals surface area contributed by atoms with Crippen molar-refractivity contribution in [3.8, 4) is 11.4 Å². The Bertz CT molecular complexity index is 906. The summed E-state index contributed by atoms with van der Waals surface area (Å²) >= 11 is 1.70. The van der Waals surface area contributed by atoms with E-state index in [0.717, 1.165) is 53.4 Å². The number of likely N-dealkylation sites (tertiary alicyclic amines) is 1. The minimum Gasteiger partial charge on any atom is -0.492 e. The molecule has 0 bridgehead atoms. The molecule has 5 nitrogen and oxygen atoms in total. The van der Waals surface area contributed by atoms with Crippen LogP contribution in [0.25, 0.3) is 5.69 Å². The number of ether oxygens (including phenoxy) is 1. The van der Waals surface area contributed by atoms with Crippen LogP contribution in [0.1, 0.15) is 30.7 Å². The molecule has 0 saturated carbocycles. The van der Waals surface area contributed by atoms with Crippen molar-refractivity contribution < 1.29 is 4.74 Å². The van der Waals surface area contributed by atoms with Gasteiger partial charge in [0, 0.05) is 11.4 Å². The summed E-state index contributed by atoms with van der Waals surface area (Å²) in [5.41, 5.74) is 2.28. The van der Waals surface area contributed by atoms with Crippen LogP contribution in [-0.4, -0.2) is 45.1 Å². The van der Waals surface area contributed by atoms with E-state index in [9.17, 15) is 0 Å². The Morgan fingerprint density at radius 1 is 0.931 bits per heavy atom. The molecule has 0 radical (unpaired) electrons. The first-order valence-electron chi connectivity index (χ1n) is 10.3. The van der Waals surface area contributed by atoms with E-state index in [1.165, 1.54) is 19.3 Å². The van der Waals surface area contributed by atoms with Crippen molar-refractivity contribution in [3.63, 3.8) is 0 Å². The highest BCUT2D eigenvalue weighted by Gasteiger charge is 2.18. The lowest BCUT2D eigenvalue weighted by Crippen LogP contribution is -2.30. The van der Waals surface area contributed by atoms with Crippen LogP contribution in [-0.2, 0) is 6.54 Å². The molecule has 0 amide bonds. The molecule has 0 N–H and O–H groups in total. The largest absolute Gasteiger partial charge is 0.492 e. The monoisotopic (exact) mass is 408 g/mol. The second-order valence-electron chi connectivity index (χ2n) is 7.37. The van der Waals surface area contributed by atoms with Gasteiger partial charge < -0.3 is 4.74 Å². The third kappa shape index (κ3) is 5.19. The molecule has 3 aromatic rings. The van der Waals surface area contributed by atoms with E-state index >= 15 is 0 Å². The third-order valence-corrected chi connectivity index (χ3v) is 6.09. The highest BCUT2D eigenvalue weighted by Crippen LogP contribution is 2.24. The molecule has 1 fully saturated rings. The summed E-state index contributed by atoms with van der Waals surface area (Å²) in [6.07, 6.45) is 3.89. The van der Waals surface area contributed by atoms with Gasteiger partial charge in [0.25, 0.3) is 0 Å². The number of para-hydroxylation sites is 2. The molecule has 29 heavy (non-hydrogen) atoms. The molecule has 2 heterocycles. The summed E-state index contributed by atoms with van der Waals surface area (Å²) in [5.74, 6) is 2.78. The molecule has 1 saturated heterocycles. The summed E-state index contributed by atoms with van der Waals surface area (Å²) in [6, 6.07) is 18.5. The van der Waals surface area contributed by atoms with Crippen molar-refractivity contribution >= 4 is 11.8 Å². The first-order chi connectivity index (χ1) is 14.3. The number of aromatic nitrogens is 3. The Labute approximate surface area is 177 Å². The van der Waals surface area contributed by atoms with E-state index in [1.807, 2.05) is 24.3 Å². The van der Waals surface area contributed by atoms with Gasteiger partial charge in [0.05, 0.1) is 13.2 Å². The number of rotatable bonds is 8. The average Bonchev–Trinajstić information content (AvgIpc) is 3.16. The van der Waals surface area contributed by atoms with Gasteiger partial charge in [-0.2, -0.15) is 0 Å². The van der Waals surface area contributed by atoms with Gasteiger partial charge in [-0.15, -0.1) is 10.2 Å². The van der Waals surface area contributed by atoms with Crippen LogP contribution in [0.3, 0.4) is 0 Å². The maximum Gasteiger partial charge on any atom is 0.195 e. The fourth-order valence-electron chi connectivity index (χ4n) is 3.65. The molecule has 0 atom stereocenters. The van der Waals surface area contributed by atoms with Crippen molar-refractivity contribution in [2.75, 3.05) is 25.4 Å². The molecule has 152 valence electrons. The van der Waals surface area contributed by atoms with Crippen molar-refractivity contribution in [2.45, 2.75) is 37.9 Å². The predicted octanol–water partition coefficient (Wildman–Crippen LogP) is 4.73. The zero-order chi connectivity index (χ0) is 19.9. The van der Waals surface area contributed by atoms with Crippen molar-refractivity contribution in [1.82, 2.24) is 19.7 Å². The SMILES string of the molecule is Cc1ccccc1OCCSc1nnc(CN2CCCCC2)n1-c1ccccc1. The maximum absolute atomic E-state index is 5.95. The minimum absolute atomic E-state index is 0.638. The Kier molecular flexibility index (Phi) is 6.85. The standard InChI is InChI=1S/C23H28N4OS/c1-19-10-6-7-13-21(19)28-16-17-29-23-25-24-22(18-26-14-8-3-9-15-26)27(23)20-11-4-2-5-12-20/h2,4-7,10-13H,3,8-9,14-18H2,1H3.